The lowest BCUT2D eigenvalue weighted by molar-refractivity contribution is 0.605. The van der Waals surface area contributed by atoms with Gasteiger partial charge in [0.15, 0.2) is 0 Å². The molecule has 2 fully saturated rings. The second kappa shape index (κ2) is 3.40. The average Bonchev–Trinajstić information content (AvgIpc) is 2.86. The molecule has 1 nitrogen and oxygen atoms in total. The van der Waals surface area contributed by atoms with Crippen LogP contribution in [0, 0.1) is 5.92 Å². The predicted molar refractivity (Wildman–Crippen MR) is 47.5 cm³/mol. The number of rotatable bonds is 2. The summed E-state index contributed by atoms with van der Waals surface area (Å²) >= 11 is 0. The van der Waals surface area contributed by atoms with Crippen molar-refractivity contribution in [2.24, 2.45) is 5.92 Å². The predicted octanol–water partition coefficient (Wildman–Crippen LogP) is 2.10. The van der Waals surface area contributed by atoms with Crippen LogP contribution in [0.3, 0.4) is 0 Å². The Bertz CT molecular complexity index is 148. The van der Waals surface area contributed by atoms with Crippen LogP contribution < -0.4 is 5.32 Å². The van der Waals surface area contributed by atoms with E-state index in [4.69, 9.17) is 0 Å². The van der Waals surface area contributed by atoms with E-state index in [9.17, 15) is 0 Å². The van der Waals surface area contributed by atoms with E-state index in [-0.39, 0.29) is 0 Å². The van der Waals surface area contributed by atoms with Crippen molar-refractivity contribution in [1.29, 1.82) is 0 Å². The molecule has 1 saturated heterocycles. The smallest absolute Gasteiger partial charge is 0.0164 e. The molecule has 0 spiro atoms. The molecule has 1 heteroatoms. The zero-order valence-corrected chi connectivity index (χ0v) is 7.10. The van der Waals surface area contributed by atoms with Gasteiger partial charge in [0.05, 0.1) is 0 Å². The minimum absolute atomic E-state index is 1.06. The van der Waals surface area contributed by atoms with Crippen LogP contribution >= 0.6 is 0 Å². The SMILES string of the molecule is C(CC1CC1)=C1CCCNC1. The number of hydrogen-bond acceptors (Lipinski definition) is 1. The first kappa shape index (κ1) is 7.35. The van der Waals surface area contributed by atoms with Crippen molar-refractivity contribution in [1.82, 2.24) is 5.32 Å². The summed E-state index contributed by atoms with van der Waals surface area (Å²) in [7, 11) is 0. The van der Waals surface area contributed by atoms with Gasteiger partial charge in [-0.2, -0.15) is 0 Å². The minimum atomic E-state index is 1.06. The summed E-state index contributed by atoms with van der Waals surface area (Å²) in [6, 6.07) is 0. The van der Waals surface area contributed by atoms with Gasteiger partial charge < -0.3 is 5.32 Å². The molecule has 2 aliphatic rings. The van der Waals surface area contributed by atoms with Crippen molar-refractivity contribution >= 4 is 0 Å². The van der Waals surface area contributed by atoms with Gasteiger partial charge in [-0.25, -0.2) is 0 Å². The normalized spacial score (nSPS) is 29.3. The van der Waals surface area contributed by atoms with E-state index >= 15 is 0 Å². The molecular formula is C10H17N. The molecule has 0 radical (unpaired) electrons. The van der Waals surface area contributed by atoms with Gasteiger partial charge in [-0.1, -0.05) is 11.6 Å². The fourth-order valence-electron chi connectivity index (χ4n) is 1.64. The van der Waals surface area contributed by atoms with Crippen LogP contribution in [0.1, 0.15) is 32.1 Å². The van der Waals surface area contributed by atoms with Crippen molar-refractivity contribution in [3.8, 4) is 0 Å². The van der Waals surface area contributed by atoms with Crippen LogP contribution in [0.5, 0.6) is 0 Å². The third-order valence-electron chi connectivity index (χ3n) is 2.64. The van der Waals surface area contributed by atoms with Crippen LogP contribution in [0.15, 0.2) is 11.6 Å². The van der Waals surface area contributed by atoms with Gasteiger partial charge in [0.25, 0.3) is 0 Å². The maximum atomic E-state index is 3.41. The van der Waals surface area contributed by atoms with Gasteiger partial charge in [-0.3, -0.25) is 0 Å². The Morgan fingerprint density at radius 2 is 2.36 bits per heavy atom. The quantitative estimate of drug-likeness (QED) is 0.596. The molecule has 2 rings (SSSR count). The van der Waals surface area contributed by atoms with E-state index in [1.807, 2.05) is 0 Å². The maximum Gasteiger partial charge on any atom is 0.0164 e. The molecule has 62 valence electrons. The Hall–Kier alpha value is -0.300. The lowest BCUT2D eigenvalue weighted by Gasteiger charge is -2.14. The Morgan fingerprint density at radius 3 is 3.00 bits per heavy atom. The molecule has 0 aromatic rings. The maximum absolute atomic E-state index is 3.41. The second-order valence-corrected chi connectivity index (χ2v) is 3.82. The topological polar surface area (TPSA) is 12.0 Å². The Morgan fingerprint density at radius 1 is 1.45 bits per heavy atom. The summed E-state index contributed by atoms with van der Waals surface area (Å²) in [5, 5.41) is 3.41. The minimum Gasteiger partial charge on any atom is -0.313 e. The van der Waals surface area contributed by atoms with Crippen molar-refractivity contribution < 1.29 is 0 Å². The first-order chi connectivity index (χ1) is 5.45. The second-order valence-electron chi connectivity index (χ2n) is 3.82. The van der Waals surface area contributed by atoms with Gasteiger partial charge in [0.1, 0.15) is 0 Å². The van der Waals surface area contributed by atoms with Crippen molar-refractivity contribution in [3.05, 3.63) is 11.6 Å². The fourth-order valence-corrected chi connectivity index (χ4v) is 1.64. The van der Waals surface area contributed by atoms with E-state index in [0.717, 1.165) is 12.5 Å². The monoisotopic (exact) mass is 151 g/mol. The summed E-state index contributed by atoms with van der Waals surface area (Å²) in [5.74, 6) is 1.06. The van der Waals surface area contributed by atoms with Gasteiger partial charge in [0.2, 0.25) is 0 Å². The van der Waals surface area contributed by atoms with Crippen molar-refractivity contribution in [2.75, 3.05) is 13.1 Å². The molecule has 1 aliphatic heterocycles. The molecule has 1 aliphatic carbocycles. The Labute approximate surface area is 68.9 Å². The summed E-state index contributed by atoms with van der Waals surface area (Å²) in [5.41, 5.74) is 1.66. The van der Waals surface area contributed by atoms with Crippen molar-refractivity contribution in [3.63, 3.8) is 0 Å². The van der Waals surface area contributed by atoms with Gasteiger partial charge in [-0.05, 0) is 44.6 Å². The number of hydrogen-bond donors (Lipinski definition) is 1. The first-order valence-corrected chi connectivity index (χ1v) is 4.84. The summed E-state index contributed by atoms with van der Waals surface area (Å²) in [4.78, 5) is 0. The highest BCUT2D eigenvalue weighted by molar-refractivity contribution is 5.07. The van der Waals surface area contributed by atoms with Crippen LogP contribution in [-0.2, 0) is 0 Å². The summed E-state index contributed by atoms with van der Waals surface area (Å²) < 4.78 is 0. The molecule has 0 bridgehead atoms. The molecule has 0 atom stereocenters. The van der Waals surface area contributed by atoms with E-state index < -0.39 is 0 Å². The zero-order chi connectivity index (χ0) is 7.52. The standard InChI is InChI=1S/C10H17N/c1-2-10(8-11-7-1)6-5-9-3-4-9/h6,9,11H,1-5,7-8H2. The first-order valence-electron chi connectivity index (χ1n) is 4.84. The van der Waals surface area contributed by atoms with Crippen LogP contribution in [-0.4, -0.2) is 13.1 Å². The largest absolute Gasteiger partial charge is 0.313 e. The Balaban J connectivity index is 1.75. The van der Waals surface area contributed by atoms with Crippen LogP contribution in [0.2, 0.25) is 0 Å². The molecule has 1 N–H and O–H groups in total. The zero-order valence-electron chi connectivity index (χ0n) is 7.10. The Kier molecular flexibility index (Phi) is 2.27. The fraction of sp³-hybridized carbons (Fsp3) is 0.800. The van der Waals surface area contributed by atoms with Gasteiger partial charge >= 0.3 is 0 Å². The highest BCUT2D eigenvalue weighted by Gasteiger charge is 2.19. The molecule has 1 saturated carbocycles. The average molecular weight is 151 g/mol. The molecule has 11 heavy (non-hydrogen) atoms. The van der Waals surface area contributed by atoms with Crippen LogP contribution in [0.25, 0.3) is 0 Å². The molecule has 1 heterocycles. The summed E-state index contributed by atoms with van der Waals surface area (Å²) in [6.45, 7) is 2.38. The van der Waals surface area contributed by atoms with E-state index in [0.29, 0.717) is 0 Å². The third kappa shape index (κ3) is 2.33. The number of piperidine rings is 1. The third-order valence-corrected chi connectivity index (χ3v) is 2.64. The molecule has 0 amide bonds. The van der Waals surface area contributed by atoms with Crippen LogP contribution in [0.4, 0.5) is 0 Å². The molecular weight excluding hydrogens is 134 g/mol. The van der Waals surface area contributed by atoms with Gasteiger partial charge in [-0.15, -0.1) is 0 Å². The lowest BCUT2D eigenvalue weighted by atomic mass is 10.0. The molecule has 0 aromatic carbocycles. The number of nitrogens with one attached hydrogen (secondary N) is 1. The van der Waals surface area contributed by atoms with Gasteiger partial charge in [0, 0.05) is 6.54 Å². The highest BCUT2D eigenvalue weighted by Crippen LogP contribution is 2.33. The van der Waals surface area contributed by atoms with E-state index in [1.54, 1.807) is 5.57 Å². The lowest BCUT2D eigenvalue weighted by Crippen LogP contribution is -2.23. The van der Waals surface area contributed by atoms with E-state index in [1.165, 1.54) is 38.6 Å². The number of allylic oxidation sites excluding steroid dienone is 1. The van der Waals surface area contributed by atoms with Crippen molar-refractivity contribution in [2.45, 2.75) is 32.1 Å². The molecule has 0 unspecified atom stereocenters. The summed E-state index contributed by atoms with van der Waals surface area (Å²) in [6.07, 6.45) is 9.49. The van der Waals surface area contributed by atoms with E-state index in [2.05, 4.69) is 11.4 Å². The molecule has 0 aromatic heterocycles. The highest BCUT2D eigenvalue weighted by atomic mass is 14.9.